The fraction of sp³-hybridized carbons (Fsp3) is 0.625. The molecule has 1 aliphatic heterocycles. The first-order valence-corrected chi connectivity index (χ1v) is 9.36. The molecule has 0 radical (unpaired) electrons. The van der Waals surface area contributed by atoms with Crippen LogP contribution in [0.15, 0.2) is 23.1 Å². The maximum atomic E-state index is 12.6. The number of aryl methyl sites for hydroxylation is 2. The van der Waals surface area contributed by atoms with E-state index in [0.29, 0.717) is 10.6 Å². The molecule has 20 heavy (non-hydrogen) atoms. The van der Waals surface area contributed by atoms with Crippen LogP contribution in [0.4, 0.5) is 0 Å². The van der Waals surface area contributed by atoms with Gasteiger partial charge in [0.05, 0.1) is 10.6 Å². The number of nitrogens with one attached hydrogen (secondary N) is 1. The first-order chi connectivity index (χ1) is 9.65. The normalized spacial score (nSPS) is 23.3. The summed E-state index contributed by atoms with van der Waals surface area (Å²) in [4.78, 5) is 0.531. The highest BCUT2D eigenvalue weighted by Gasteiger charge is 2.24. The van der Waals surface area contributed by atoms with E-state index in [-0.39, 0.29) is 5.92 Å². The second kappa shape index (κ2) is 5.86. The van der Waals surface area contributed by atoms with E-state index in [9.17, 15) is 8.42 Å². The summed E-state index contributed by atoms with van der Waals surface area (Å²) in [7, 11) is -3.13. The molecule has 1 aliphatic carbocycles. The highest BCUT2D eigenvalue weighted by molar-refractivity contribution is 7.91. The molecule has 0 spiro atoms. The Kier molecular flexibility index (Phi) is 4.13. The van der Waals surface area contributed by atoms with Crippen LogP contribution in [-0.4, -0.2) is 27.3 Å². The van der Waals surface area contributed by atoms with Gasteiger partial charge in [0.1, 0.15) is 0 Å². The number of fused-ring (bicyclic) bond motifs is 1. The predicted octanol–water partition coefficient (Wildman–Crippen LogP) is 2.34. The lowest BCUT2D eigenvalue weighted by molar-refractivity contribution is 0.404. The van der Waals surface area contributed by atoms with Crippen molar-refractivity contribution in [1.29, 1.82) is 0 Å². The third-order valence-corrected chi connectivity index (χ3v) is 6.42. The van der Waals surface area contributed by atoms with Crippen molar-refractivity contribution in [2.45, 2.75) is 43.4 Å². The van der Waals surface area contributed by atoms with Crippen LogP contribution in [0, 0.1) is 5.92 Å². The van der Waals surface area contributed by atoms with E-state index in [0.717, 1.165) is 38.8 Å². The second-order valence-electron chi connectivity index (χ2n) is 6.13. The van der Waals surface area contributed by atoms with Gasteiger partial charge in [-0.15, -0.1) is 0 Å². The van der Waals surface area contributed by atoms with E-state index in [1.54, 1.807) is 0 Å². The molecule has 3 rings (SSSR count). The zero-order valence-electron chi connectivity index (χ0n) is 11.9. The largest absolute Gasteiger partial charge is 0.316 e. The van der Waals surface area contributed by atoms with Crippen LogP contribution in [-0.2, 0) is 22.7 Å². The van der Waals surface area contributed by atoms with Crippen LogP contribution in [0.3, 0.4) is 0 Å². The Bertz CT molecular complexity index is 574. The van der Waals surface area contributed by atoms with E-state index in [1.807, 2.05) is 18.2 Å². The van der Waals surface area contributed by atoms with Crippen LogP contribution in [0.2, 0.25) is 0 Å². The summed E-state index contributed by atoms with van der Waals surface area (Å²) >= 11 is 0. The van der Waals surface area contributed by atoms with Gasteiger partial charge in [0, 0.05) is 0 Å². The fourth-order valence-electron chi connectivity index (χ4n) is 3.38. The fourth-order valence-corrected chi connectivity index (χ4v) is 5.07. The minimum atomic E-state index is -3.13. The molecule has 0 saturated carbocycles. The van der Waals surface area contributed by atoms with Crippen molar-refractivity contribution < 1.29 is 8.42 Å². The Balaban J connectivity index is 1.79. The third kappa shape index (κ3) is 3.07. The summed E-state index contributed by atoms with van der Waals surface area (Å²) in [5.74, 6) is 0.559. The van der Waals surface area contributed by atoms with Crippen LogP contribution < -0.4 is 5.32 Å². The highest BCUT2D eigenvalue weighted by Crippen LogP contribution is 2.26. The van der Waals surface area contributed by atoms with E-state index in [2.05, 4.69) is 5.32 Å². The molecule has 1 heterocycles. The molecule has 0 bridgehead atoms. The molecule has 1 unspecified atom stereocenters. The van der Waals surface area contributed by atoms with Gasteiger partial charge in [-0.05, 0) is 80.8 Å². The number of hydrogen-bond donors (Lipinski definition) is 1. The summed E-state index contributed by atoms with van der Waals surface area (Å²) in [6.45, 7) is 1.86. The number of benzene rings is 1. The summed E-state index contributed by atoms with van der Waals surface area (Å²) in [6, 6.07) is 5.77. The zero-order chi connectivity index (χ0) is 14.0. The first-order valence-electron chi connectivity index (χ1n) is 7.70. The van der Waals surface area contributed by atoms with Crippen molar-refractivity contribution in [2.24, 2.45) is 5.92 Å². The lowest BCUT2D eigenvalue weighted by Crippen LogP contribution is -2.33. The van der Waals surface area contributed by atoms with Gasteiger partial charge in [-0.3, -0.25) is 0 Å². The van der Waals surface area contributed by atoms with Crippen LogP contribution >= 0.6 is 0 Å². The Morgan fingerprint density at radius 2 is 1.90 bits per heavy atom. The van der Waals surface area contributed by atoms with Gasteiger partial charge in [-0.1, -0.05) is 6.07 Å². The second-order valence-corrected chi connectivity index (χ2v) is 8.17. The smallest absolute Gasteiger partial charge is 0.178 e. The summed E-state index contributed by atoms with van der Waals surface area (Å²) in [5, 5.41) is 3.29. The van der Waals surface area contributed by atoms with Gasteiger partial charge in [0.15, 0.2) is 9.84 Å². The predicted molar refractivity (Wildman–Crippen MR) is 80.7 cm³/mol. The average Bonchev–Trinajstić information content (AvgIpc) is 2.47. The van der Waals surface area contributed by atoms with Crippen LogP contribution in [0.5, 0.6) is 0 Å². The lowest BCUT2D eigenvalue weighted by atomic mass is 9.92. The number of sulfone groups is 1. The van der Waals surface area contributed by atoms with Crippen molar-refractivity contribution >= 4 is 9.84 Å². The molecule has 0 aromatic heterocycles. The van der Waals surface area contributed by atoms with Gasteiger partial charge in [-0.25, -0.2) is 8.42 Å². The molecule has 3 nitrogen and oxygen atoms in total. The third-order valence-electron chi connectivity index (χ3n) is 4.53. The lowest BCUT2D eigenvalue weighted by Gasteiger charge is -2.23. The van der Waals surface area contributed by atoms with Gasteiger partial charge in [-0.2, -0.15) is 0 Å². The molecule has 4 heteroatoms. The van der Waals surface area contributed by atoms with E-state index in [4.69, 9.17) is 0 Å². The molecular weight excluding hydrogens is 270 g/mol. The maximum Gasteiger partial charge on any atom is 0.178 e. The first kappa shape index (κ1) is 14.1. The average molecular weight is 293 g/mol. The SMILES string of the molecule is O=S(=O)(CC1CCCNC1)c1ccc2c(c1)CCCC2. The molecule has 1 saturated heterocycles. The molecule has 1 atom stereocenters. The molecule has 2 aliphatic rings. The summed E-state index contributed by atoms with van der Waals surface area (Å²) in [6.07, 6.45) is 6.66. The molecule has 1 aromatic rings. The standard InChI is InChI=1S/C16H23NO2S/c18-20(19,12-13-4-3-9-17-11-13)16-8-7-14-5-1-2-6-15(14)10-16/h7-8,10,13,17H,1-6,9,11-12H2. The van der Waals surface area contributed by atoms with Gasteiger partial charge in [0.2, 0.25) is 0 Å². The molecule has 0 amide bonds. The van der Waals surface area contributed by atoms with Crippen LogP contribution in [0.1, 0.15) is 36.8 Å². The Labute approximate surface area is 121 Å². The van der Waals surface area contributed by atoms with E-state index < -0.39 is 9.84 Å². The van der Waals surface area contributed by atoms with Crippen molar-refractivity contribution in [1.82, 2.24) is 5.32 Å². The number of piperidine rings is 1. The summed E-state index contributed by atoms with van der Waals surface area (Å²) in [5.41, 5.74) is 2.59. The maximum absolute atomic E-state index is 12.6. The highest BCUT2D eigenvalue weighted by atomic mass is 32.2. The van der Waals surface area contributed by atoms with Gasteiger partial charge < -0.3 is 5.32 Å². The monoisotopic (exact) mass is 293 g/mol. The number of hydrogen-bond acceptors (Lipinski definition) is 3. The number of rotatable bonds is 3. The Morgan fingerprint density at radius 3 is 2.65 bits per heavy atom. The Morgan fingerprint density at radius 1 is 1.10 bits per heavy atom. The van der Waals surface area contributed by atoms with Crippen molar-refractivity contribution in [3.63, 3.8) is 0 Å². The van der Waals surface area contributed by atoms with Gasteiger partial charge >= 0.3 is 0 Å². The van der Waals surface area contributed by atoms with Crippen molar-refractivity contribution in [2.75, 3.05) is 18.8 Å². The van der Waals surface area contributed by atoms with Crippen LogP contribution in [0.25, 0.3) is 0 Å². The van der Waals surface area contributed by atoms with E-state index in [1.165, 1.54) is 24.0 Å². The zero-order valence-corrected chi connectivity index (χ0v) is 12.7. The minimum Gasteiger partial charge on any atom is -0.316 e. The summed E-state index contributed by atoms with van der Waals surface area (Å²) < 4.78 is 25.1. The molecule has 1 N–H and O–H groups in total. The molecule has 1 fully saturated rings. The van der Waals surface area contributed by atoms with Crippen molar-refractivity contribution in [3.8, 4) is 0 Å². The Hall–Kier alpha value is -0.870. The van der Waals surface area contributed by atoms with Crippen molar-refractivity contribution in [3.05, 3.63) is 29.3 Å². The molecule has 110 valence electrons. The molecular formula is C16H23NO2S. The minimum absolute atomic E-state index is 0.268. The van der Waals surface area contributed by atoms with Gasteiger partial charge in [0.25, 0.3) is 0 Å². The van der Waals surface area contributed by atoms with E-state index >= 15 is 0 Å². The quantitative estimate of drug-likeness (QED) is 0.930. The molecule has 1 aromatic carbocycles. The topological polar surface area (TPSA) is 46.2 Å².